The number of thiazole rings is 1. The predicted octanol–water partition coefficient (Wildman–Crippen LogP) is 4.71. The van der Waals surface area contributed by atoms with Crippen molar-refractivity contribution in [3.63, 3.8) is 0 Å². The third-order valence-corrected chi connectivity index (χ3v) is 5.81. The molecule has 3 rings (SSSR count). The van der Waals surface area contributed by atoms with Gasteiger partial charge in [0.25, 0.3) is 0 Å². The van der Waals surface area contributed by atoms with E-state index in [1.807, 2.05) is 0 Å². The Labute approximate surface area is 162 Å². The molecule has 0 fully saturated rings. The van der Waals surface area contributed by atoms with E-state index in [2.05, 4.69) is 10.3 Å². The normalized spacial score (nSPS) is 10.8. The zero-order valence-corrected chi connectivity index (χ0v) is 15.7. The SMILES string of the molecule is O=C(Cc1csc(SCc2ccc(F)cc2)n1)NCc1c(F)cccc1F. The summed E-state index contributed by atoms with van der Waals surface area (Å²) in [5.41, 5.74) is 1.40. The summed E-state index contributed by atoms with van der Waals surface area (Å²) in [6.07, 6.45) is 0.0314. The maximum absolute atomic E-state index is 13.6. The fraction of sp³-hybridized carbons (Fsp3) is 0.158. The Morgan fingerprint density at radius 2 is 1.78 bits per heavy atom. The highest BCUT2D eigenvalue weighted by Gasteiger charge is 2.12. The number of hydrogen-bond donors (Lipinski definition) is 1. The van der Waals surface area contributed by atoms with Gasteiger partial charge in [0, 0.05) is 23.2 Å². The molecule has 0 saturated carbocycles. The molecule has 3 aromatic rings. The lowest BCUT2D eigenvalue weighted by molar-refractivity contribution is -0.120. The molecule has 8 heteroatoms. The molecule has 1 heterocycles. The third kappa shape index (κ3) is 5.58. The molecule has 0 unspecified atom stereocenters. The molecule has 0 spiro atoms. The minimum absolute atomic E-state index is 0.0314. The molecule has 0 aliphatic carbocycles. The van der Waals surface area contributed by atoms with Crippen LogP contribution in [0.2, 0.25) is 0 Å². The average Bonchev–Trinajstić information content (AvgIpc) is 3.08. The molecule has 0 bridgehead atoms. The van der Waals surface area contributed by atoms with Crippen molar-refractivity contribution in [2.24, 2.45) is 0 Å². The minimum Gasteiger partial charge on any atom is -0.351 e. The summed E-state index contributed by atoms with van der Waals surface area (Å²) in [6, 6.07) is 9.82. The van der Waals surface area contributed by atoms with Crippen LogP contribution in [0.4, 0.5) is 13.2 Å². The number of hydrogen-bond acceptors (Lipinski definition) is 4. The van der Waals surface area contributed by atoms with Gasteiger partial charge in [-0.25, -0.2) is 18.2 Å². The van der Waals surface area contributed by atoms with E-state index in [1.54, 1.807) is 17.5 Å². The Hall–Kier alpha value is -2.32. The van der Waals surface area contributed by atoms with Crippen LogP contribution in [0.15, 0.2) is 52.2 Å². The number of aromatic nitrogens is 1. The molecule has 0 aliphatic rings. The molecule has 0 atom stereocenters. The second-order valence-electron chi connectivity index (χ2n) is 5.67. The van der Waals surface area contributed by atoms with E-state index < -0.39 is 11.6 Å². The largest absolute Gasteiger partial charge is 0.351 e. The molecular weight excluding hydrogens is 393 g/mol. The summed E-state index contributed by atoms with van der Waals surface area (Å²) in [7, 11) is 0. The first kappa shape index (κ1) is 19.4. The zero-order valence-electron chi connectivity index (χ0n) is 14.0. The summed E-state index contributed by atoms with van der Waals surface area (Å²) in [5, 5.41) is 4.28. The van der Waals surface area contributed by atoms with Crippen LogP contribution in [0.5, 0.6) is 0 Å². The van der Waals surface area contributed by atoms with Crippen molar-refractivity contribution in [2.45, 2.75) is 23.1 Å². The number of rotatable bonds is 7. The molecule has 0 aliphatic heterocycles. The van der Waals surface area contributed by atoms with E-state index in [0.29, 0.717) is 11.4 Å². The van der Waals surface area contributed by atoms with E-state index in [1.165, 1.54) is 41.3 Å². The van der Waals surface area contributed by atoms with E-state index in [0.717, 1.165) is 22.0 Å². The van der Waals surface area contributed by atoms with Gasteiger partial charge in [-0.05, 0) is 29.8 Å². The van der Waals surface area contributed by atoms with Crippen molar-refractivity contribution < 1.29 is 18.0 Å². The summed E-state index contributed by atoms with van der Waals surface area (Å²) in [5.74, 6) is -1.38. The second kappa shape index (κ2) is 9.05. The van der Waals surface area contributed by atoms with Gasteiger partial charge in [0.1, 0.15) is 21.8 Å². The van der Waals surface area contributed by atoms with Crippen LogP contribution in [0.1, 0.15) is 16.8 Å². The first-order valence-corrected chi connectivity index (χ1v) is 9.89. The van der Waals surface area contributed by atoms with Gasteiger partial charge >= 0.3 is 0 Å². The molecule has 1 amide bonds. The molecule has 27 heavy (non-hydrogen) atoms. The Bertz CT molecular complexity index is 909. The summed E-state index contributed by atoms with van der Waals surface area (Å²) < 4.78 is 40.8. The monoisotopic (exact) mass is 408 g/mol. The van der Waals surface area contributed by atoms with Crippen molar-refractivity contribution in [2.75, 3.05) is 0 Å². The standard InChI is InChI=1S/C19H15F3N2OS2/c20-13-6-4-12(5-7-13)10-26-19-24-14(11-27-19)8-18(25)23-9-15-16(21)2-1-3-17(15)22/h1-7,11H,8-10H2,(H,23,25). The number of amides is 1. The highest BCUT2D eigenvalue weighted by molar-refractivity contribution is 8.00. The number of halogens is 3. The van der Waals surface area contributed by atoms with E-state index in [4.69, 9.17) is 0 Å². The molecular formula is C19H15F3N2OS2. The van der Waals surface area contributed by atoms with Crippen LogP contribution in [0.3, 0.4) is 0 Å². The van der Waals surface area contributed by atoms with Gasteiger partial charge in [-0.3, -0.25) is 4.79 Å². The van der Waals surface area contributed by atoms with Crippen LogP contribution in [-0.4, -0.2) is 10.9 Å². The van der Waals surface area contributed by atoms with E-state index in [-0.39, 0.29) is 30.3 Å². The van der Waals surface area contributed by atoms with Crippen LogP contribution < -0.4 is 5.32 Å². The molecule has 0 saturated heterocycles. The summed E-state index contributed by atoms with van der Waals surface area (Å²) in [4.78, 5) is 16.4. The fourth-order valence-corrected chi connectivity index (χ4v) is 4.08. The highest BCUT2D eigenvalue weighted by Crippen LogP contribution is 2.26. The number of nitrogens with zero attached hydrogens (tertiary/aromatic N) is 1. The molecule has 140 valence electrons. The Balaban J connectivity index is 1.49. The summed E-state index contributed by atoms with van der Waals surface area (Å²) >= 11 is 2.91. The van der Waals surface area contributed by atoms with Crippen molar-refractivity contribution in [3.05, 3.63) is 82.1 Å². The zero-order chi connectivity index (χ0) is 19.2. The summed E-state index contributed by atoms with van der Waals surface area (Å²) in [6.45, 7) is -0.215. The van der Waals surface area contributed by atoms with Gasteiger partial charge in [0.15, 0.2) is 0 Å². The van der Waals surface area contributed by atoms with Gasteiger partial charge < -0.3 is 5.32 Å². The van der Waals surface area contributed by atoms with Crippen LogP contribution in [0.25, 0.3) is 0 Å². The molecule has 2 aromatic carbocycles. The van der Waals surface area contributed by atoms with Crippen molar-refractivity contribution in [1.29, 1.82) is 0 Å². The van der Waals surface area contributed by atoms with Crippen molar-refractivity contribution in [3.8, 4) is 0 Å². The lowest BCUT2D eigenvalue weighted by Gasteiger charge is -2.06. The lowest BCUT2D eigenvalue weighted by Crippen LogP contribution is -2.25. The lowest BCUT2D eigenvalue weighted by atomic mass is 10.2. The van der Waals surface area contributed by atoms with Gasteiger partial charge in [-0.1, -0.05) is 30.0 Å². The second-order valence-corrected chi connectivity index (χ2v) is 7.75. The molecule has 1 N–H and O–H groups in total. The third-order valence-electron chi connectivity index (χ3n) is 3.67. The van der Waals surface area contributed by atoms with Crippen molar-refractivity contribution >= 4 is 29.0 Å². The van der Waals surface area contributed by atoms with E-state index in [9.17, 15) is 18.0 Å². The number of carbonyl (C=O) groups is 1. The fourth-order valence-electron chi connectivity index (χ4n) is 2.28. The molecule has 1 aromatic heterocycles. The Morgan fingerprint density at radius 1 is 1.07 bits per heavy atom. The minimum atomic E-state index is -0.691. The first-order valence-electron chi connectivity index (χ1n) is 8.02. The average molecular weight is 408 g/mol. The number of carbonyl (C=O) groups excluding carboxylic acids is 1. The van der Waals surface area contributed by atoms with Gasteiger partial charge in [-0.2, -0.15) is 0 Å². The first-order chi connectivity index (χ1) is 13.0. The topological polar surface area (TPSA) is 42.0 Å². The van der Waals surface area contributed by atoms with E-state index >= 15 is 0 Å². The molecule has 3 nitrogen and oxygen atoms in total. The van der Waals surface area contributed by atoms with Gasteiger partial charge in [0.05, 0.1) is 12.1 Å². The maximum atomic E-state index is 13.6. The Morgan fingerprint density at radius 3 is 2.48 bits per heavy atom. The number of benzene rings is 2. The Kier molecular flexibility index (Phi) is 6.52. The maximum Gasteiger partial charge on any atom is 0.226 e. The quantitative estimate of drug-likeness (QED) is 0.576. The van der Waals surface area contributed by atoms with Gasteiger partial charge in [-0.15, -0.1) is 11.3 Å². The van der Waals surface area contributed by atoms with Crippen LogP contribution in [0, 0.1) is 17.5 Å². The van der Waals surface area contributed by atoms with Crippen LogP contribution in [-0.2, 0) is 23.5 Å². The molecule has 0 radical (unpaired) electrons. The number of thioether (sulfide) groups is 1. The predicted molar refractivity (Wildman–Crippen MR) is 100.0 cm³/mol. The smallest absolute Gasteiger partial charge is 0.226 e. The van der Waals surface area contributed by atoms with Crippen LogP contribution >= 0.6 is 23.1 Å². The highest BCUT2D eigenvalue weighted by atomic mass is 32.2. The van der Waals surface area contributed by atoms with Crippen molar-refractivity contribution in [1.82, 2.24) is 10.3 Å². The number of nitrogens with one attached hydrogen (secondary N) is 1. The van der Waals surface area contributed by atoms with Gasteiger partial charge in [0.2, 0.25) is 5.91 Å².